The Bertz CT molecular complexity index is 943. The van der Waals surface area contributed by atoms with Gasteiger partial charge in [-0.2, -0.15) is 4.98 Å². The number of carbonyl (C=O) groups excluding carboxylic acids is 1. The maximum absolute atomic E-state index is 11.9. The Balaban J connectivity index is 1.36. The Labute approximate surface area is 167 Å². The van der Waals surface area contributed by atoms with Gasteiger partial charge in [0.2, 0.25) is 11.7 Å². The van der Waals surface area contributed by atoms with E-state index in [0.29, 0.717) is 29.0 Å². The summed E-state index contributed by atoms with van der Waals surface area (Å²) in [6, 6.07) is 11.3. The summed E-state index contributed by atoms with van der Waals surface area (Å²) in [7, 11) is 1.41. The number of hydrogen-bond donors (Lipinski definition) is 0. The zero-order chi connectivity index (χ0) is 19.5. The van der Waals surface area contributed by atoms with Crippen molar-refractivity contribution in [3.8, 4) is 11.4 Å². The molecule has 146 valence electrons. The van der Waals surface area contributed by atoms with Crippen LogP contribution in [0.4, 0.5) is 0 Å². The second-order valence-corrected chi connectivity index (χ2v) is 7.25. The van der Waals surface area contributed by atoms with E-state index in [2.05, 4.69) is 15.0 Å². The summed E-state index contributed by atoms with van der Waals surface area (Å²) in [5.41, 5.74) is 1.48. The minimum Gasteiger partial charge on any atom is -0.464 e. The normalized spacial score (nSPS) is 15.6. The maximum atomic E-state index is 11.9. The minimum atomic E-state index is -0.298. The van der Waals surface area contributed by atoms with Crippen LogP contribution in [0.3, 0.4) is 0 Å². The molecule has 0 unspecified atom stereocenters. The standard InChI is InChI=1S/C20H21ClN4O3/c1-27-20(26)17-3-2-10-25(17)16-8-11-24(12-9-16)13-18-22-19(23-28-18)14-4-6-15(21)7-5-14/h2-7,10,16H,8-9,11-13H2,1H3. The van der Waals surface area contributed by atoms with Crippen molar-refractivity contribution in [1.29, 1.82) is 0 Å². The monoisotopic (exact) mass is 400 g/mol. The number of likely N-dealkylation sites (tertiary alicyclic amines) is 1. The Hall–Kier alpha value is -2.64. The number of ether oxygens (including phenoxy) is 1. The summed E-state index contributed by atoms with van der Waals surface area (Å²) in [6.07, 6.45) is 3.83. The molecule has 2 aromatic heterocycles. The predicted molar refractivity (Wildman–Crippen MR) is 104 cm³/mol. The summed E-state index contributed by atoms with van der Waals surface area (Å²) in [4.78, 5) is 18.7. The Morgan fingerprint density at radius 1 is 1.25 bits per heavy atom. The van der Waals surface area contributed by atoms with Gasteiger partial charge in [0.05, 0.1) is 13.7 Å². The fourth-order valence-corrected chi connectivity index (χ4v) is 3.70. The van der Waals surface area contributed by atoms with Crippen LogP contribution in [-0.4, -0.2) is 45.8 Å². The highest BCUT2D eigenvalue weighted by molar-refractivity contribution is 6.30. The lowest BCUT2D eigenvalue weighted by Gasteiger charge is -2.32. The van der Waals surface area contributed by atoms with E-state index < -0.39 is 0 Å². The molecule has 0 atom stereocenters. The van der Waals surface area contributed by atoms with Crippen LogP contribution in [0.5, 0.6) is 0 Å². The summed E-state index contributed by atoms with van der Waals surface area (Å²) in [5.74, 6) is 0.865. The Morgan fingerprint density at radius 3 is 2.71 bits per heavy atom. The summed E-state index contributed by atoms with van der Waals surface area (Å²) in [5, 5.41) is 4.74. The number of hydrogen-bond acceptors (Lipinski definition) is 6. The number of aromatic nitrogens is 3. The van der Waals surface area contributed by atoms with E-state index >= 15 is 0 Å². The van der Waals surface area contributed by atoms with Crippen LogP contribution < -0.4 is 0 Å². The second kappa shape index (κ2) is 8.16. The van der Waals surface area contributed by atoms with E-state index in [-0.39, 0.29) is 12.0 Å². The average molecular weight is 401 g/mol. The van der Waals surface area contributed by atoms with Crippen molar-refractivity contribution >= 4 is 17.6 Å². The van der Waals surface area contributed by atoms with E-state index in [1.54, 1.807) is 6.07 Å². The lowest BCUT2D eigenvalue weighted by atomic mass is 10.0. The number of esters is 1. The number of piperidine rings is 1. The highest BCUT2D eigenvalue weighted by Gasteiger charge is 2.25. The SMILES string of the molecule is COC(=O)c1cccn1C1CCN(Cc2nc(-c3ccc(Cl)cc3)no2)CC1. The van der Waals surface area contributed by atoms with Crippen LogP contribution in [0, 0.1) is 0 Å². The van der Waals surface area contributed by atoms with Crippen molar-refractivity contribution in [2.45, 2.75) is 25.4 Å². The van der Waals surface area contributed by atoms with E-state index in [9.17, 15) is 4.79 Å². The number of nitrogens with zero attached hydrogens (tertiary/aromatic N) is 4. The number of rotatable bonds is 5. The van der Waals surface area contributed by atoms with Gasteiger partial charge in [-0.3, -0.25) is 4.90 Å². The smallest absolute Gasteiger partial charge is 0.354 e. The first-order valence-corrected chi connectivity index (χ1v) is 9.58. The van der Waals surface area contributed by atoms with Crippen molar-refractivity contribution in [2.24, 2.45) is 0 Å². The molecule has 0 bridgehead atoms. The second-order valence-electron chi connectivity index (χ2n) is 6.82. The topological polar surface area (TPSA) is 73.4 Å². The first-order chi connectivity index (χ1) is 13.6. The molecule has 0 amide bonds. The molecule has 4 rings (SSSR count). The fraction of sp³-hybridized carbons (Fsp3) is 0.350. The molecular weight excluding hydrogens is 380 g/mol. The third kappa shape index (κ3) is 3.95. The molecular formula is C20H21ClN4O3. The van der Waals surface area contributed by atoms with Gasteiger partial charge in [-0.25, -0.2) is 4.79 Å². The van der Waals surface area contributed by atoms with Crippen molar-refractivity contribution in [3.05, 3.63) is 59.2 Å². The molecule has 0 N–H and O–H groups in total. The number of halogens is 1. The van der Waals surface area contributed by atoms with Gasteiger partial charge in [-0.15, -0.1) is 0 Å². The summed E-state index contributed by atoms with van der Waals surface area (Å²) in [6.45, 7) is 2.40. The van der Waals surface area contributed by atoms with E-state index in [4.69, 9.17) is 20.9 Å². The lowest BCUT2D eigenvalue weighted by Crippen LogP contribution is -2.34. The molecule has 0 spiro atoms. The van der Waals surface area contributed by atoms with Gasteiger partial charge in [0, 0.05) is 35.9 Å². The number of benzene rings is 1. The Kier molecular flexibility index (Phi) is 5.45. The van der Waals surface area contributed by atoms with Gasteiger partial charge in [-0.1, -0.05) is 16.8 Å². The van der Waals surface area contributed by atoms with E-state index in [1.807, 2.05) is 41.1 Å². The first kappa shape index (κ1) is 18.7. The van der Waals surface area contributed by atoms with Crippen molar-refractivity contribution in [1.82, 2.24) is 19.6 Å². The molecule has 0 radical (unpaired) electrons. The molecule has 3 heterocycles. The lowest BCUT2D eigenvalue weighted by molar-refractivity contribution is 0.0581. The van der Waals surface area contributed by atoms with Crippen molar-refractivity contribution < 1.29 is 14.1 Å². The quantitative estimate of drug-likeness (QED) is 0.606. The molecule has 0 aliphatic carbocycles. The van der Waals surface area contributed by atoms with Crippen LogP contribution in [0.2, 0.25) is 5.02 Å². The highest BCUT2D eigenvalue weighted by atomic mass is 35.5. The highest BCUT2D eigenvalue weighted by Crippen LogP contribution is 2.26. The van der Waals surface area contributed by atoms with Gasteiger partial charge in [0.1, 0.15) is 5.69 Å². The molecule has 28 heavy (non-hydrogen) atoms. The van der Waals surface area contributed by atoms with Gasteiger partial charge >= 0.3 is 5.97 Å². The molecule has 1 saturated heterocycles. The van der Waals surface area contributed by atoms with Crippen LogP contribution in [0.25, 0.3) is 11.4 Å². The molecule has 3 aromatic rings. The first-order valence-electron chi connectivity index (χ1n) is 9.20. The number of carbonyl (C=O) groups is 1. The van der Waals surface area contributed by atoms with Crippen LogP contribution >= 0.6 is 11.6 Å². The molecule has 0 saturated carbocycles. The third-order valence-corrected chi connectivity index (χ3v) is 5.31. The zero-order valence-electron chi connectivity index (χ0n) is 15.5. The van der Waals surface area contributed by atoms with Crippen LogP contribution in [0.15, 0.2) is 47.1 Å². The largest absolute Gasteiger partial charge is 0.464 e. The van der Waals surface area contributed by atoms with Gasteiger partial charge in [0.25, 0.3) is 0 Å². The van der Waals surface area contributed by atoms with E-state index in [0.717, 1.165) is 31.5 Å². The zero-order valence-corrected chi connectivity index (χ0v) is 16.3. The van der Waals surface area contributed by atoms with Gasteiger partial charge in [0.15, 0.2) is 0 Å². The van der Waals surface area contributed by atoms with Crippen molar-refractivity contribution in [2.75, 3.05) is 20.2 Å². The summed E-state index contributed by atoms with van der Waals surface area (Å²) >= 11 is 5.92. The molecule has 1 aliphatic rings. The Morgan fingerprint density at radius 2 is 2.00 bits per heavy atom. The molecule has 8 heteroatoms. The van der Waals surface area contributed by atoms with Gasteiger partial charge < -0.3 is 13.8 Å². The van der Waals surface area contributed by atoms with Crippen LogP contribution in [-0.2, 0) is 11.3 Å². The third-order valence-electron chi connectivity index (χ3n) is 5.05. The number of methoxy groups -OCH3 is 1. The van der Waals surface area contributed by atoms with E-state index in [1.165, 1.54) is 7.11 Å². The average Bonchev–Trinajstić information content (AvgIpc) is 3.38. The molecule has 1 aliphatic heterocycles. The maximum Gasteiger partial charge on any atom is 0.354 e. The van der Waals surface area contributed by atoms with Crippen molar-refractivity contribution in [3.63, 3.8) is 0 Å². The molecule has 7 nitrogen and oxygen atoms in total. The van der Waals surface area contributed by atoms with Crippen LogP contribution in [0.1, 0.15) is 35.3 Å². The van der Waals surface area contributed by atoms with Gasteiger partial charge in [-0.05, 0) is 49.2 Å². The summed E-state index contributed by atoms with van der Waals surface area (Å²) < 4.78 is 12.3. The minimum absolute atomic E-state index is 0.285. The molecule has 1 aromatic carbocycles. The fourth-order valence-electron chi connectivity index (χ4n) is 3.57. The predicted octanol–water partition coefficient (Wildman–Crippen LogP) is 3.82. The molecule has 1 fully saturated rings.